The summed E-state index contributed by atoms with van der Waals surface area (Å²) in [7, 11) is 0. The molecule has 16 rings (SSSR count). The summed E-state index contributed by atoms with van der Waals surface area (Å²) in [6.07, 6.45) is 88.7. The molecule has 0 bridgehead atoms. The van der Waals surface area contributed by atoms with Gasteiger partial charge in [-0.15, -0.1) is 0 Å². The van der Waals surface area contributed by atoms with Crippen LogP contribution in [0.1, 0.15) is 169 Å². The highest BCUT2D eigenvalue weighted by Crippen LogP contribution is 2.29. The molecule has 12 aliphatic carbocycles. The maximum Gasteiger partial charge on any atom is -0.0109 e. The molecule has 360 valence electrons. The third-order valence-electron chi connectivity index (χ3n) is 16.0. The van der Waals surface area contributed by atoms with Crippen LogP contribution in [0.2, 0.25) is 0 Å². The smallest absolute Gasteiger partial charge is 0.0109 e. The summed E-state index contributed by atoms with van der Waals surface area (Å²) in [5, 5.41) is 11.7. The predicted octanol–water partition coefficient (Wildman–Crippen LogP) is 12.8. The molecule has 0 amide bonds. The lowest BCUT2D eigenvalue weighted by atomic mass is 9.89. The van der Waals surface area contributed by atoms with Crippen molar-refractivity contribution in [3.63, 3.8) is 0 Å². The van der Waals surface area contributed by atoms with Crippen LogP contribution >= 0.6 is 0 Å². The number of fused-ring (bicyclic) bond motifs is 18. The van der Waals surface area contributed by atoms with Crippen molar-refractivity contribution in [1.29, 1.82) is 0 Å². The van der Waals surface area contributed by atoms with Crippen LogP contribution in [0, 0.1) is 0 Å². The van der Waals surface area contributed by atoms with E-state index in [0.29, 0.717) is 0 Å². The van der Waals surface area contributed by atoms with E-state index in [4.69, 9.17) is 0 Å². The van der Waals surface area contributed by atoms with Crippen molar-refractivity contribution < 1.29 is 0 Å². The maximum absolute atomic E-state index is 2.42. The summed E-state index contributed by atoms with van der Waals surface area (Å²) in [5.41, 5.74) is 18.0. The van der Waals surface area contributed by atoms with Gasteiger partial charge in [0, 0.05) is 0 Å². The molecule has 4 aromatic rings. The zero-order valence-electron chi connectivity index (χ0n) is 42.6. The predicted molar refractivity (Wildman–Crippen MR) is 318 cm³/mol. The summed E-state index contributed by atoms with van der Waals surface area (Å²) in [6, 6.07) is 8.88. The lowest BCUT2D eigenvalue weighted by molar-refractivity contribution is 0.908. The zero-order chi connectivity index (χ0) is 48.3. The van der Waals surface area contributed by atoms with E-state index in [2.05, 4.69) is 194 Å². The maximum atomic E-state index is 2.42. The molecule has 12 aliphatic rings. The lowest BCUT2D eigenvalue weighted by Gasteiger charge is -2.16. The Hall–Kier alpha value is -6.76. The normalized spacial score (nSPS) is 18.3. The Morgan fingerprint density at radius 2 is 0.542 bits per heavy atom. The molecule has 0 aromatic heterocycles. The number of hydrogen-bond donors (Lipinski definition) is 0. The molecule has 0 radical (unpaired) electrons. The molecule has 0 atom stereocenters. The molecule has 0 N–H and O–H groups in total. The van der Waals surface area contributed by atoms with Crippen molar-refractivity contribution in [2.24, 2.45) is 0 Å². The van der Waals surface area contributed by atoms with Gasteiger partial charge in [-0.3, -0.25) is 0 Å². The second-order valence-corrected chi connectivity index (χ2v) is 20.6. The van der Waals surface area contributed by atoms with Gasteiger partial charge in [-0.05, 0) is 237 Å². The Morgan fingerprint density at radius 3 is 0.931 bits per heavy atom. The number of hydrogen-bond acceptors (Lipinski definition) is 0. The molecular formula is C72H72. The molecule has 0 saturated heterocycles. The van der Waals surface area contributed by atoms with Gasteiger partial charge in [-0.2, -0.15) is 0 Å². The molecular weight excluding hydrogens is 865 g/mol. The topological polar surface area (TPSA) is 0 Å². The lowest BCUT2D eigenvalue weighted by Crippen LogP contribution is -2.34. The van der Waals surface area contributed by atoms with Crippen molar-refractivity contribution in [3.05, 3.63) is 206 Å². The molecule has 0 nitrogen and oxygen atoms in total. The third kappa shape index (κ3) is 10.4. The van der Waals surface area contributed by atoms with Crippen LogP contribution < -0.4 is 41.7 Å². The van der Waals surface area contributed by atoms with Gasteiger partial charge < -0.3 is 0 Å². The molecule has 0 spiro atoms. The van der Waals surface area contributed by atoms with Gasteiger partial charge in [0.15, 0.2) is 0 Å². The summed E-state index contributed by atoms with van der Waals surface area (Å²) < 4.78 is 0. The van der Waals surface area contributed by atoms with Gasteiger partial charge in [0.05, 0.1) is 0 Å². The van der Waals surface area contributed by atoms with Crippen molar-refractivity contribution >= 4 is 97.2 Å². The first-order valence-corrected chi connectivity index (χ1v) is 27.9. The molecule has 0 heteroatoms. The fourth-order valence-electron chi connectivity index (χ4n) is 12.6. The fourth-order valence-corrected chi connectivity index (χ4v) is 12.6. The van der Waals surface area contributed by atoms with Crippen LogP contribution in [0.15, 0.2) is 97.2 Å². The van der Waals surface area contributed by atoms with Gasteiger partial charge in [0.25, 0.3) is 0 Å². The van der Waals surface area contributed by atoms with Gasteiger partial charge in [0.2, 0.25) is 0 Å². The Morgan fingerprint density at radius 1 is 0.222 bits per heavy atom. The highest BCUT2D eigenvalue weighted by Gasteiger charge is 2.22. The van der Waals surface area contributed by atoms with E-state index in [-0.39, 0.29) is 0 Å². The molecule has 0 heterocycles. The average molecular weight is 937 g/mol. The van der Waals surface area contributed by atoms with E-state index in [1.165, 1.54) is 153 Å². The summed E-state index contributed by atoms with van der Waals surface area (Å²) in [5.74, 6) is 0. The summed E-state index contributed by atoms with van der Waals surface area (Å²) >= 11 is 0. The van der Waals surface area contributed by atoms with E-state index in [1.54, 1.807) is 32.7 Å². The minimum Gasteiger partial charge on any atom is -0.0885 e. The Labute approximate surface area is 429 Å². The van der Waals surface area contributed by atoms with Crippen molar-refractivity contribution in [2.45, 2.75) is 128 Å². The third-order valence-corrected chi connectivity index (χ3v) is 16.0. The quantitative estimate of drug-likeness (QED) is 0.154. The van der Waals surface area contributed by atoms with Crippen LogP contribution in [-0.4, -0.2) is 0 Å². The molecule has 72 heavy (non-hydrogen) atoms. The number of allylic oxidation sites excluding steroid dienone is 12. The number of benzene rings is 4. The van der Waals surface area contributed by atoms with Gasteiger partial charge in [-0.1, -0.05) is 194 Å². The molecule has 0 fully saturated rings. The van der Waals surface area contributed by atoms with Gasteiger partial charge in [-0.25, -0.2) is 0 Å². The molecule has 0 aliphatic heterocycles. The minimum atomic E-state index is 1.07. The Bertz CT molecular complexity index is 3360. The monoisotopic (exact) mass is 937 g/mol. The van der Waals surface area contributed by atoms with Crippen LogP contribution in [-0.2, 0) is 25.7 Å². The fraction of sp³-hybridized carbons (Fsp3) is 0.278. The highest BCUT2D eigenvalue weighted by molar-refractivity contribution is 5.76. The van der Waals surface area contributed by atoms with Gasteiger partial charge >= 0.3 is 0 Å². The Balaban J connectivity index is 0.0000000976. The molecule has 4 aromatic carbocycles. The summed E-state index contributed by atoms with van der Waals surface area (Å²) in [6.45, 7) is 0. The SMILES string of the molecule is C1=CCCC1.C1=CCCC1.C1=Cc2c3c(c4c(c2=CC1)=CCC=C4)CCC3.C1=Cc2c3c(c4c(c2=CC1)CCC4)=CCC=C3.C1=Cc2c3c(ccc2=CC1)=CCC=C3.C1=Cc2ccc3c(c2=CC1)=CCC=C3. The first-order chi connectivity index (χ1) is 35.8. The zero-order valence-corrected chi connectivity index (χ0v) is 42.6. The van der Waals surface area contributed by atoms with E-state index < -0.39 is 0 Å². The number of rotatable bonds is 0. The average Bonchev–Trinajstić information content (AvgIpc) is 4.34. The van der Waals surface area contributed by atoms with E-state index in [0.717, 1.165) is 51.4 Å². The van der Waals surface area contributed by atoms with Crippen molar-refractivity contribution in [2.75, 3.05) is 0 Å². The van der Waals surface area contributed by atoms with E-state index in [9.17, 15) is 0 Å². The van der Waals surface area contributed by atoms with Gasteiger partial charge in [0.1, 0.15) is 0 Å². The van der Waals surface area contributed by atoms with Crippen LogP contribution in [0.4, 0.5) is 0 Å². The second-order valence-electron chi connectivity index (χ2n) is 20.6. The van der Waals surface area contributed by atoms with Crippen molar-refractivity contribution in [3.8, 4) is 0 Å². The van der Waals surface area contributed by atoms with Crippen LogP contribution in [0.3, 0.4) is 0 Å². The minimum absolute atomic E-state index is 1.07. The van der Waals surface area contributed by atoms with Crippen molar-refractivity contribution in [1.82, 2.24) is 0 Å². The van der Waals surface area contributed by atoms with E-state index >= 15 is 0 Å². The molecule has 0 unspecified atom stereocenters. The van der Waals surface area contributed by atoms with E-state index in [1.807, 2.05) is 0 Å². The first kappa shape index (κ1) is 47.6. The highest BCUT2D eigenvalue weighted by atomic mass is 14.3. The van der Waals surface area contributed by atoms with Crippen LogP contribution in [0.25, 0.3) is 97.2 Å². The van der Waals surface area contributed by atoms with Crippen LogP contribution in [0.5, 0.6) is 0 Å². The standard InChI is InChI=1S/2C17H16.2C14H12.2C5H8/c2*1-3-8-14-12(6-1)13-7-2-4-9-15(13)17-11-5-10-16(14)17;2*1-3-7-13-11(5-1)9-10-12-6-2-4-8-14(12)13;2*1-2-4-5-3-1/h3-4,6-9H,1-2,5,10-11H2;1-2,6-9H,3-5,10-11H2;3-10H,1-2H2;1-2,5-10H,3-4H2;2*1-2H,3-5H2. The Kier molecular flexibility index (Phi) is 15.3. The molecule has 0 saturated carbocycles. The second kappa shape index (κ2) is 23.2. The largest absolute Gasteiger partial charge is 0.0885 e. The first-order valence-electron chi connectivity index (χ1n) is 27.9. The summed E-state index contributed by atoms with van der Waals surface area (Å²) in [4.78, 5) is 0.